The quantitative estimate of drug-likeness (QED) is 0.436. The SMILES string of the molecule is O=C1/C=C\C(=O)ON2C(=O)C3C=CC=C(O1)C3C2=O. The molecule has 0 aromatic heterocycles. The fraction of sp³-hybridized carbons (Fsp3) is 0.167. The van der Waals surface area contributed by atoms with E-state index in [4.69, 9.17) is 4.74 Å². The van der Waals surface area contributed by atoms with Gasteiger partial charge in [0, 0.05) is 12.2 Å². The van der Waals surface area contributed by atoms with E-state index in [1.54, 1.807) is 0 Å². The summed E-state index contributed by atoms with van der Waals surface area (Å²) in [6.45, 7) is 0. The molecule has 2 heterocycles. The fourth-order valence-corrected chi connectivity index (χ4v) is 2.13. The van der Waals surface area contributed by atoms with Crippen LogP contribution in [-0.2, 0) is 28.8 Å². The molecular formula is C12H7NO6. The monoisotopic (exact) mass is 261 g/mol. The number of fused-ring (bicyclic) bond motifs is 1. The molecule has 7 heteroatoms. The second-order valence-electron chi connectivity index (χ2n) is 4.09. The van der Waals surface area contributed by atoms with Crippen LogP contribution in [0.2, 0.25) is 0 Å². The average Bonchev–Trinajstić information content (AvgIpc) is 2.62. The largest absolute Gasteiger partial charge is 0.427 e. The molecule has 2 amide bonds. The molecule has 1 saturated heterocycles. The molecule has 2 atom stereocenters. The first kappa shape index (κ1) is 11.4. The van der Waals surface area contributed by atoms with Gasteiger partial charge < -0.3 is 9.57 Å². The molecule has 3 rings (SSSR count). The van der Waals surface area contributed by atoms with Crippen LogP contribution in [0.15, 0.2) is 36.1 Å². The third kappa shape index (κ3) is 1.67. The smallest absolute Gasteiger partial charge is 0.357 e. The van der Waals surface area contributed by atoms with Crippen molar-refractivity contribution in [2.24, 2.45) is 11.8 Å². The molecule has 19 heavy (non-hydrogen) atoms. The summed E-state index contributed by atoms with van der Waals surface area (Å²) < 4.78 is 4.97. The number of carbonyl (C=O) groups excluding carboxylic acids is 4. The minimum Gasteiger partial charge on any atom is -0.427 e. The Kier molecular flexibility index (Phi) is 2.34. The second kappa shape index (κ2) is 3.91. The van der Waals surface area contributed by atoms with E-state index in [1.807, 2.05) is 0 Å². The molecule has 0 aromatic carbocycles. The van der Waals surface area contributed by atoms with E-state index >= 15 is 0 Å². The van der Waals surface area contributed by atoms with Gasteiger partial charge in [0.15, 0.2) is 0 Å². The number of imide groups is 1. The Labute approximate surface area is 106 Å². The normalized spacial score (nSPS) is 30.7. The van der Waals surface area contributed by atoms with Gasteiger partial charge in [0.05, 0.1) is 5.92 Å². The Balaban J connectivity index is 2.10. The zero-order valence-electron chi connectivity index (χ0n) is 9.44. The van der Waals surface area contributed by atoms with E-state index in [0.29, 0.717) is 5.06 Å². The summed E-state index contributed by atoms with van der Waals surface area (Å²) in [6, 6.07) is 0. The van der Waals surface area contributed by atoms with Crippen molar-refractivity contribution in [2.75, 3.05) is 0 Å². The zero-order valence-corrected chi connectivity index (χ0v) is 9.44. The van der Waals surface area contributed by atoms with Crippen molar-refractivity contribution < 1.29 is 28.8 Å². The topological polar surface area (TPSA) is 90.0 Å². The molecule has 0 spiro atoms. The van der Waals surface area contributed by atoms with Crippen LogP contribution in [0.5, 0.6) is 0 Å². The predicted octanol–water partition coefficient (Wildman–Crippen LogP) is -0.388. The number of hydroxylamine groups is 2. The van der Waals surface area contributed by atoms with E-state index in [9.17, 15) is 19.2 Å². The van der Waals surface area contributed by atoms with Crippen LogP contribution in [0.25, 0.3) is 0 Å². The van der Waals surface area contributed by atoms with Crippen LogP contribution in [0, 0.1) is 11.8 Å². The molecule has 7 nitrogen and oxygen atoms in total. The lowest BCUT2D eigenvalue weighted by Crippen LogP contribution is -2.34. The molecule has 0 radical (unpaired) electrons. The van der Waals surface area contributed by atoms with E-state index < -0.39 is 35.6 Å². The van der Waals surface area contributed by atoms with Gasteiger partial charge in [-0.3, -0.25) is 9.59 Å². The number of rotatable bonds is 0. The van der Waals surface area contributed by atoms with Gasteiger partial charge in [-0.2, -0.15) is 0 Å². The minimum atomic E-state index is -0.992. The molecule has 96 valence electrons. The van der Waals surface area contributed by atoms with Gasteiger partial charge in [-0.25, -0.2) is 9.59 Å². The fourth-order valence-electron chi connectivity index (χ4n) is 2.13. The van der Waals surface area contributed by atoms with Gasteiger partial charge in [0.2, 0.25) is 0 Å². The highest BCUT2D eigenvalue weighted by Crippen LogP contribution is 2.36. The van der Waals surface area contributed by atoms with E-state index in [-0.39, 0.29) is 5.76 Å². The van der Waals surface area contributed by atoms with E-state index in [0.717, 1.165) is 12.2 Å². The van der Waals surface area contributed by atoms with Gasteiger partial charge in [0.1, 0.15) is 11.7 Å². The van der Waals surface area contributed by atoms with Crippen molar-refractivity contribution in [2.45, 2.75) is 0 Å². The molecular weight excluding hydrogens is 254 g/mol. The van der Waals surface area contributed by atoms with E-state index in [1.165, 1.54) is 18.2 Å². The van der Waals surface area contributed by atoms with Crippen molar-refractivity contribution >= 4 is 23.8 Å². The lowest BCUT2D eigenvalue weighted by molar-refractivity contribution is -0.194. The first-order valence-electron chi connectivity index (χ1n) is 5.46. The maximum atomic E-state index is 12.0. The Bertz CT molecular complexity index is 599. The molecule has 0 N–H and O–H groups in total. The zero-order chi connectivity index (χ0) is 13.6. The van der Waals surface area contributed by atoms with Crippen LogP contribution in [0.4, 0.5) is 0 Å². The van der Waals surface area contributed by atoms with Crippen LogP contribution in [0.1, 0.15) is 0 Å². The Morgan fingerprint density at radius 1 is 1.00 bits per heavy atom. The van der Waals surface area contributed by atoms with Crippen LogP contribution in [0.3, 0.4) is 0 Å². The highest BCUT2D eigenvalue weighted by atomic mass is 16.7. The van der Waals surface area contributed by atoms with E-state index in [2.05, 4.69) is 4.84 Å². The highest BCUT2D eigenvalue weighted by molar-refractivity contribution is 6.08. The Morgan fingerprint density at radius 2 is 1.74 bits per heavy atom. The molecule has 1 fully saturated rings. The summed E-state index contributed by atoms with van der Waals surface area (Å²) in [5.74, 6) is -4.88. The van der Waals surface area contributed by atoms with Crippen molar-refractivity contribution in [1.82, 2.24) is 5.06 Å². The van der Waals surface area contributed by atoms with Gasteiger partial charge >= 0.3 is 11.9 Å². The first-order valence-corrected chi connectivity index (χ1v) is 5.46. The number of carbonyl (C=O) groups is 4. The number of esters is 1. The number of nitrogens with zero attached hydrogens (tertiary/aromatic N) is 1. The maximum Gasteiger partial charge on any atom is 0.357 e. The molecule has 2 aliphatic heterocycles. The number of ether oxygens (including phenoxy) is 1. The summed E-state index contributed by atoms with van der Waals surface area (Å²) >= 11 is 0. The number of hydrogen-bond acceptors (Lipinski definition) is 6. The van der Waals surface area contributed by atoms with Gasteiger partial charge in [-0.1, -0.05) is 12.2 Å². The standard InChI is InChI=1S/C12H7NO6/c14-8-4-5-9(15)19-13-11(16)6-2-1-3-7(18-8)10(6)12(13)17/h1-6,10H/b5-4-. The van der Waals surface area contributed by atoms with Crippen molar-refractivity contribution in [3.05, 3.63) is 36.1 Å². The summed E-state index contributed by atoms with van der Waals surface area (Å²) in [5, 5.41) is 0.421. The van der Waals surface area contributed by atoms with Gasteiger partial charge in [-0.15, -0.1) is 5.06 Å². The number of allylic oxidation sites excluding steroid dienone is 2. The number of amides is 2. The van der Waals surface area contributed by atoms with Crippen LogP contribution < -0.4 is 0 Å². The third-order valence-corrected chi connectivity index (χ3v) is 2.95. The van der Waals surface area contributed by atoms with Gasteiger partial charge in [0.25, 0.3) is 11.8 Å². The predicted molar refractivity (Wildman–Crippen MR) is 57.4 cm³/mol. The minimum absolute atomic E-state index is 0.0703. The average molecular weight is 261 g/mol. The molecule has 1 aliphatic carbocycles. The second-order valence-corrected chi connectivity index (χ2v) is 4.09. The molecule has 2 unspecified atom stereocenters. The lowest BCUT2D eigenvalue weighted by Gasteiger charge is -2.18. The molecule has 2 bridgehead atoms. The Hall–Kier alpha value is -2.70. The van der Waals surface area contributed by atoms with Crippen molar-refractivity contribution in [3.8, 4) is 0 Å². The summed E-state index contributed by atoms with van der Waals surface area (Å²) in [7, 11) is 0. The number of hydrogen-bond donors (Lipinski definition) is 0. The highest BCUT2D eigenvalue weighted by Gasteiger charge is 2.52. The van der Waals surface area contributed by atoms with Crippen LogP contribution >= 0.6 is 0 Å². The molecule has 3 aliphatic rings. The molecule has 0 saturated carbocycles. The lowest BCUT2D eigenvalue weighted by atomic mass is 9.89. The van der Waals surface area contributed by atoms with Crippen molar-refractivity contribution in [1.29, 1.82) is 0 Å². The van der Waals surface area contributed by atoms with Crippen LogP contribution in [-0.4, -0.2) is 28.8 Å². The maximum absolute atomic E-state index is 12.0. The third-order valence-electron chi connectivity index (χ3n) is 2.95. The molecule has 0 aromatic rings. The van der Waals surface area contributed by atoms with Gasteiger partial charge in [-0.05, 0) is 6.08 Å². The summed E-state index contributed by atoms with van der Waals surface area (Å²) in [5.41, 5.74) is 0. The Morgan fingerprint density at radius 3 is 2.53 bits per heavy atom. The first-order chi connectivity index (χ1) is 9.08. The van der Waals surface area contributed by atoms with Crippen molar-refractivity contribution in [3.63, 3.8) is 0 Å². The summed E-state index contributed by atoms with van der Waals surface area (Å²) in [6.07, 6.45) is 6.12. The summed E-state index contributed by atoms with van der Waals surface area (Å²) in [4.78, 5) is 51.4.